The zero-order valence-electron chi connectivity index (χ0n) is 6.60. The second-order valence-electron chi connectivity index (χ2n) is 2.36. The van der Waals surface area contributed by atoms with Crippen molar-refractivity contribution in [3.8, 4) is 0 Å². The molecule has 0 aliphatic heterocycles. The average Bonchev–Trinajstić information content (AvgIpc) is 2.02. The van der Waals surface area contributed by atoms with Crippen molar-refractivity contribution in [2.24, 2.45) is 5.73 Å². The Kier molecular flexibility index (Phi) is 3.76. The number of amides is 1. The van der Waals surface area contributed by atoms with Crippen LogP contribution in [-0.2, 0) is 0 Å². The summed E-state index contributed by atoms with van der Waals surface area (Å²) in [6, 6.07) is 0. The first-order valence-electron chi connectivity index (χ1n) is 3.37. The maximum absolute atomic E-state index is 12.4. The van der Waals surface area contributed by atoms with Gasteiger partial charge in [-0.1, -0.05) is 0 Å². The van der Waals surface area contributed by atoms with Crippen LogP contribution >= 0.6 is 38.5 Å². The van der Waals surface area contributed by atoms with Gasteiger partial charge in [-0.05, 0) is 38.5 Å². The molecular formula is C7H4BrF2IN2O. The van der Waals surface area contributed by atoms with Gasteiger partial charge in [0.1, 0.15) is 4.60 Å². The van der Waals surface area contributed by atoms with Gasteiger partial charge in [0.05, 0.1) is 11.1 Å². The van der Waals surface area contributed by atoms with Gasteiger partial charge in [-0.15, -0.1) is 0 Å². The molecule has 0 radical (unpaired) electrons. The molecule has 1 rings (SSSR count). The van der Waals surface area contributed by atoms with Crippen molar-refractivity contribution >= 4 is 44.4 Å². The Bertz CT molecular complexity index is 386. The Morgan fingerprint density at radius 2 is 2.21 bits per heavy atom. The highest BCUT2D eigenvalue weighted by atomic mass is 127. The molecule has 1 heterocycles. The molecule has 3 nitrogen and oxygen atoms in total. The lowest BCUT2D eigenvalue weighted by Gasteiger charge is -2.07. The predicted octanol–water partition coefficient (Wildman–Crippen LogP) is 2.49. The van der Waals surface area contributed by atoms with Crippen LogP contribution in [0.25, 0.3) is 0 Å². The van der Waals surface area contributed by atoms with E-state index in [0.29, 0.717) is 0 Å². The third-order valence-electron chi connectivity index (χ3n) is 1.48. The molecule has 1 aromatic rings. The monoisotopic (exact) mass is 376 g/mol. The standard InChI is InChI=1S/C7H4BrF2IN2O/c8-5-3(7(12)14)4(11)2(1-13-5)6(9)10/h1,6H,(H2,12,14). The number of hydrogen-bond donors (Lipinski definition) is 1. The molecule has 2 N–H and O–H groups in total. The smallest absolute Gasteiger partial charge is 0.266 e. The van der Waals surface area contributed by atoms with Crippen LogP contribution in [-0.4, -0.2) is 10.9 Å². The van der Waals surface area contributed by atoms with E-state index in [1.165, 1.54) is 0 Å². The van der Waals surface area contributed by atoms with Gasteiger partial charge >= 0.3 is 0 Å². The number of nitrogens with zero attached hydrogens (tertiary/aromatic N) is 1. The molecular weight excluding hydrogens is 373 g/mol. The second-order valence-corrected chi connectivity index (χ2v) is 4.19. The Hall–Kier alpha value is -0.310. The van der Waals surface area contributed by atoms with E-state index < -0.39 is 12.3 Å². The molecule has 0 fully saturated rings. The number of halogens is 4. The van der Waals surface area contributed by atoms with Crippen molar-refractivity contribution < 1.29 is 13.6 Å². The van der Waals surface area contributed by atoms with Crippen LogP contribution in [0.2, 0.25) is 0 Å². The Balaban J connectivity index is 3.41. The van der Waals surface area contributed by atoms with Crippen molar-refractivity contribution in [3.05, 3.63) is 25.5 Å². The number of primary amides is 1. The summed E-state index contributed by atoms with van der Waals surface area (Å²) in [5.74, 6) is -0.781. The van der Waals surface area contributed by atoms with Gasteiger partial charge < -0.3 is 5.73 Å². The number of aromatic nitrogens is 1. The Morgan fingerprint density at radius 1 is 1.64 bits per heavy atom. The van der Waals surface area contributed by atoms with Crippen LogP contribution in [0.15, 0.2) is 10.8 Å². The van der Waals surface area contributed by atoms with E-state index in [4.69, 9.17) is 5.73 Å². The molecule has 0 aliphatic rings. The SMILES string of the molecule is NC(=O)c1c(Br)ncc(C(F)F)c1I. The fraction of sp³-hybridized carbons (Fsp3) is 0.143. The number of pyridine rings is 1. The van der Waals surface area contributed by atoms with Gasteiger partial charge in [0.15, 0.2) is 0 Å². The molecule has 1 amide bonds. The lowest BCUT2D eigenvalue weighted by molar-refractivity contribution is 0.0997. The van der Waals surface area contributed by atoms with Gasteiger partial charge in [-0.2, -0.15) is 0 Å². The van der Waals surface area contributed by atoms with Crippen molar-refractivity contribution in [2.75, 3.05) is 0 Å². The third kappa shape index (κ3) is 2.19. The molecule has 0 aromatic carbocycles. The van der Waals surface area contributed by atoms with Gasteiger partial charge in [-0.3, -0.25) is 4.79 Å². The summed E-state index contributed by atoms with van der Waals surface area (Å²) in [6.07, 6.45) is -1.65. The maximum atomic E-state index is 12.4. The first kappa shape index (κ1) is 11.8. The zero-order valence-corrected chi connectivity index (χ0v) is 10.3. The summed E-state index contributed by atoms with van der Waals surface area (Å²) in [4.78, 5) is 14.5. The van der Waals surface area contributed by atoms with E-state index >= 15 is 0 Å². The van der Waals surface area contributed by atoms with E-state index in [9.17, 15) is 13.6 Å². The summed E-state index contributed by atoms with van der Waals surface area (Å²) < 4.78 is 25.1. The molecule has 14 heavy (non-hydrogen) atoms. The Morgan fingerprint density at radius 3 is 2.64 bits per heavy atom. The van der Waals surface area contributed by atoms with Gasteiger partial charge in [0, 0.05) is 9.77 Å². The van der Waals surface area contributed by atoms with Crippen molar-refractivity contribution in [2.45, 2.75) is 6.43 Å². The number of carbonyl (C=O) groups excluding carboxylic acids is 1. The van der Waals surface area contributed by atoms with Crippen LogP contribution in [0.5, 0.6) is 0 Å². The van der Waals surface area contributed by atoms with Crippen LogP contribution in [0.3, 0.4) is 0 Å². The second kappa shape index (κ2) is 4.47. The molecule has 0 saturated heterocycles. The van der Waals surface area contributed by atoms with Crippen LogP contribution in [0.1, 0.15) is 22.3 Å². The molecule has 76 valence electrons. The molecule has 0 atom stereocenters. The minimum absolute atomic E-state index is 0.0107. The van der Waals surface area contributed by atoms with Gasteiger partial charge in [-0.25, -0.2) is 13.8 Å². The van der Waals surface area contributed by atoms with Crippen molar-refractivity contribution in [1.29, 1.82) is 0 Å². The third-order valence-corrected chi connectivity index (χ3v) is 3.24. The highest BCUT2D eigenvalue weighted by Crippen LogP contribution is 2.29. The number of alkyl halides is 2. The van der Waals surface area contributed by atoms with Crippen LogP contribution in [0, 0.1) is 3.57 Å². The number of carbonyl (C=O) groups is 1. The van der Waals surface area contributed by atoms with E-state index in [1.807, 2.05) is 0 Å². The summed E-state index contributed by atoms with van der Waals surface area (Å²) >= 11 is 4.62. The summed E-state index contributed by atoms with van der Waals surface area (Å²) in [5, 5.41) is 0. The fourth-order valence-electron chi connectivity index (χ4n) is 0.844. The molecule has 0 unspecified atom stereocenters. The van der Waals surface area contributed by atoms with E-state index in [2.05, 4.69) is 20.9 Å². The highest BCUT2D eigenvalue weighted by molar-refractivity contribution is 14.1. The largest absolute Gasteiger partial charge is 0.365 e. The highest BCUT2D eigenvalue weighted by Gasteiger charge is 2.20. The lowest BCUT2D eigenvalue weighted by Crippen LogP contribution is -2.15. The van der Waals surface area contributed by atoms with E-state index in [0.717, 1.165) is 6.20 Å². The van der Waals surface area contributed by atoms with E-state index in [-0.39, 0.29) is 19.3 Å². The zero-order chi connectivity index (χ0) is 10.9. The average molecular weight is 377 g/mol. The lowest BCUT2D eigenvalue weighted by atomic mass is 10.2. The molecule has 0 spiro atoms. The molecule has 1 aromatic heterocycles. The summed E-state index contributed by atoms with van der Waals surface area (Å²) in [7, 11) is 0. The van der Waals surface area contributed by atoms with Crippen molar-refractivity contribution in [3.63, 3.8) is 0 Å². The number of rotatable bonds is 2. The topological polar surface area (TPSA) is 56.0 Å². The molecule has 0 bridgehead atoms. The Labute approximate surface area is 100 Å². The minimum atomic E-state index is -2.67. The predicted molar refractivity (Wildman–Crippen MR) is 58.1 cm³/mol. The van der Waals surface area contributed by atoms with E-state index in [1.54, 1.807) is 22.6 Å². The molecule has 7 heteroatoms. The maximum Gasteiger partial charge on any atom is 0.266 e. The first-order valence-corrected chi connectivity index (χ1v) is 5.24. The van der Waals surface area contributed by atoms with Crippen molar-refractivity contribution in [1.82, 2.24) is 4.98 Å². The molecule has 0 aliphatic carbocycles. The summed E-state index contributed by atoms with van der Waals surface area (Å²) in [6.45, 7) is 0. The number of nitrogens with two attached hydrogens (primary N) is 1. The minimum Gasteiger partial charge on any atom is -0.365 e. The van der Waals surface area contributed by atoms with Gasteiger partial charge in [0.25, 0.3) is 12.3 Å². The fourth-order valence-corrected chi connectivity index (χ4v) is 2.61. The summed E-state index contributed by atoms with van der Waals surface area (Å²) in [5.41, 5.74) is 4.73. The number of hydrogen-bond acceptors (Lipinski definition) is 2. The van der Waals surface area contributed by atoms with Crippen LogP contribution in [0.4, 0.5) is 8.78 Å². The normalized spacial score (nSPS) is 10.6. The first-order chi connectivity index (χ1) is 6.45. The van der Waals surface area contributed by atoms with Gasteiger partial charge in [0.2, 0.25) is 0 Å². The quantitative estimate of drug-likeness (QED) is 0.636. The molecule has 0 saturated carbocycles. The van der Waals surface area contributed by atoms with Crippen LogP contribution < -0.4 is 5.73 Å².